The Morgan fingerprint density at radius 1 is 1.50 bits per heavy atom. The molecule has 1 heterocycles. The third-order valence-electron chi connectivity index (χ3n) is 2.51. The zero-order chi connectivity index (χ0) is 12.6. The van der Waals surface area contributed by atoms with E-state index in [2.05, 4.69) is 0 Å². The van der Waals surface area contributed by atoms with Gasteiger partial charge in [0.15, 0.2) is 0 Å². The first-order chi connectivity index (χ1) is 7.18. The summed E-state index contributed by atoms with van der Waals surface area (Å²) < 4.78 is 40.7. The molecule has 0 saturated carbocycles. The fourth-order valence-electron chi connectivity index (χ4n) is 1.33. The van der Waals surface area contributed by atoms with Gasteiger partial charge in [-0.05, 0) is 6.92 Å². The van der Waals surface area contributed by atoms with Gasteiger partial charge in [-0.3, -0.25) is 9.59 Å². The predicted molar refractivity (Wildman–Crippen MR) is 44.5 cm³/mol. The summed E-state index contributed by atoms with van der Waals surface area (Å²) >= 11 is 0. The molecule has 0 aromatic rings. The van der Waals surface area contributed by atoms with Crippen molar-refractivity contribution in [2.24, 2.45) is 5.41 Å². The van der Waals surface area contributed by atoms with E-state index in [0.717, 1.165) is 0 Å². The minimum Gasteiger partial charge on any atom is -0.481 e. The van der Waals surface area contributed by atoms with Gasteiger partial charge in [0.05, 0.1) is 19.3 Å². The molecule has 16 heavy (non-hydrogen) atoms. The number of hydrogen-bond acceptors (Lipinski definition) is 3. The summed E-state index contributed by atoms with van der Waals surface area (Å²) in [7, 11) is 0. The zero-order valence-electron chi connectivity index (χ0n) is 8.30. The summed E-state index contributed by atoms with van der Waals surface area (Å²) in [6.07, 6.45) is -5.03. The van der Waals surface area contributed by atoms with Crippen LogP contribution in [-0.2, 0) is 14.3 Å². The zero-order valence-corrected chi connectivity index (χ0v) is 8.30. The molecule has 0 bridgehead atoms. The van der Waals surface area contributed by atoms with Crippen LogP contribution in [0.2, 0.25) is 0 Å². The molecule has 8 heteroatoms. The Bertz CT molecular complexity index is 317. The number of alkyl halides is 3. The largest absolute Gasteiger partial charge is 0.481 e. The quantitative estimate of drug-likeness (QED) is 0.721. The molecule has 1 aliphatic heterocycles. The number of aliphatic carboxylic acids is 1. The number of halogens is 3. The number of rotatable bonds is 2. The number of hydrogen-bond donors (Lipinski definition) is 2. The summed E-state index contributed by atoms with van der Waals surface area (Å²) in [5, 5.41) is 10.5. The molecular formula is C8H10F3NO4. The smallest absolute Gasteiger partial charge is 0.471 e. The molecule has 2 atom stereocenters. The molecule has 2 unspecified atom stereocenters. The van der Waals surface area contributed by atoms with Gasteiger partial charge in [-0.1, -0.05) is 0 Å². The lowest BCUT2D eigenvalue weighted by molar-refractivity contribution is -0.175. The number of carbonyl (C=O) groups is 2. The second-order valence-corrected chi connectivity index (χ2v) is 3.76. The summed E-state index contributed by atoms with van der Waals surface area (Å²) in [5.74, 6) is -3.46. The Labute approximate surface area is 88.6 Å². The van der Waals surface area contributed by atoms with Gasteiger partial charge < -0.3 is 15.2 Å². The highest BCUT2D eigenvalue weighted by Gasteiger charge is 2.50. The third kappa shape index (κ3) is 2.26. The van der Waals surface area contributed by atoms with Gasteiger partial charge in [-0.2, -0.15) is 13.2 Å². The molecule has 1 rings (SSSR count). The lowest BCUT2D eigenvalue weighted by atomic mass is 9.85. The first-order valence-corrected chi connectivity index (χ1v) is 4.37. The molecule has 0 aromatic heterocycles. The molecule has 5 nitrogen and oxygen atoms in total. The Morgan fingerprint density at radius 3 is 2.50 bits per heavy atom. The summed E-state index contributed by atoms with van der Waals surface area (Å²) in [4.78, 5) is 21.5. The Morgan fingerprint density at radius 2 is 2.06 bits per heavy atom. The Hall–Kier alpha value is -1.31. The fraction of sp³-hybridized carbons (Fsp3) is 0.750. The third-order valence-corrected chi connectivity index (χ3v) is 2.51. The normalized spacial score (nSPS) is 30.1. The van der Waals surface area contributed by atoms with E-state index in [1.54, 1.807) is 5.32 Å². The van der Waals surface area contributed by atoms with Crippen molar-refractivity contribution in [3.8, 4) is 0 Å². The van der Waals surface area contributed by atoms with E-state index in [4.69, 9.17) is 9.84 Å². The molecular weight excluding hydrogens is 231 g/mol. The maximum absolute atomic E-state index is 12.0. The van der Waals surface area contributed by atoms with E-state index in [9.17, 15) is 22.8 Å². The van der Waals surface area contributed by atoms with Crippen LogP contribution in [0.3, 0.4) is 0 Å². The highest BCUT2D eigenvalue weighted by atomic mass is 19.4. The maximum atomic E-state index is 12.0. The summed E-state index contributed by atoms with van der Waals surface area (Å²) in [6.45, 7) is 0.749. The average molecular weight is 241 g/mol. The van der Waals surface area contributed by atoms with Crippen LogP contribution in [0.25, 0.3) is 0 Å². The summed E-state index contributed by atoms with van der Waals surface area (Å²) in [5.41, 5.74) is -1.53. The second kappa shape index (κ2) is 3.93. The number of amides is 1. The van der Waals surface area contributed by atoms with E-state index < -0.39 is 29.5 Å². The SMILES string of the molecule is CC1(C(=O)O)COCC1NC(=O)C(F)(F)F. The number of carbonyl (C=O) groups excluding carboxylic acids is 1. The van der Waals surface area contributed by atoms with E-state index in [1.807, 2.05) is 0 Å². The van der Waals surface area contributed by atoms with E-state index in [-0.39, 0.29) is 13.2 Å². The van der Waals surface area contributed by atoms with Gasteiger partial charge in [-0.15, -0.1) is 0 Å². The van der Waals surface area contributed by atoms with Gasteiger partial charge in [0.25, 0.3) is 0 Å². The van der Waals surface area contributed by atoms with Crippen molar-refractivity contribution >= 4 is 11.9 Å². The highest BCUT2D eigenvalue weighted by Crippen LogP contribution is 2.29. The van der Waals surface area contributed by atoms with Crippen LogP contribution >= 0.6 is 0 Å². The topological polar surface area (TPSA) is 75.6 Å². The fourth-order valence-corrected chi connectivity index (χ4v) is 1.33. The molecule has 1 aliphatic rings. The van der Waals surface area contributed by atoms with Crippen molar-refractivity contribution in [2.45, 2.75) is 19.1 Å². The lowest BCUT2D eigenvalue weighted by Gasteiger charge is -2.25. The molecule has 0 aromatic carbocycles. The van der Waals surface area contributed by atoms with Gasteiger partial charge in [0.2, 0.25) is 0 Å². The number of nitrogens with one attached hydrogen (secondary N) is 1. The van der Waals surface area contributed by atoms with Crippen LogP contribution in [0.1, 0.15) is 6.92 Å². The molecule has 2 N–H and O–H groups in total. The second-order valence-electron chi connectivity index (χ2n) is 3.76. The van der Waals surface area contributed by atoms with Crippen molar-refractivity contribution in [2.75, 3.05) is 13.2 Å². The maximum Gasteiger partial charge on any atom is 0.471 e. The van der Waals surface area contributed by atoms with E-state index in [1.165, 1.54) is 6.92 Å². The number of carboxylic acid groups (broad SMARTS) is 1. The van der Waals surface area contributed by atoms with Crippen molar-refractivity contribution in [3.63, 3.8) is 0 Å². The first-order valence-electron chi connectivity index (χ1n) is 4.37. The van der Waals surface area contributed by atoms with Crippen LogP contribution in [-0.4, -0.2) is 42.4 Å². The average Bonchev–Trinajstić information content (AvgIpc) is 2.47. The predicted octanol–water partition coefficient (Wildman–Crippen LogP) is 0.155. The molecule has 0 radical (unpaired) electrons. The Balaban J connectivity index is 2.75. The molecule has 1 amide bonds. The minimum atomic E-state index is -5.03. The summed E-state index contributed by atoms with van der Waals surface area (Å²) in [6, 6.07) is -1.18. The first kappa shape index (κ1) is 12.8. The minimum absolute atomic E-state index is 0.231. The molecule has 1 saturated heterocycles. The van der Waals surface area contributed by atoms with Crippen LogP contribution in [0.4, 0.5) is 13.2 Å². The standard InChI is InChI=1S/C8H10F3NO4/c1-7(6(14)15)3-16-2-4(7)12-5(13)8(9,10)11/h4H,2-3H2,1H3,(H,12,13)(H,14,15). The van der Waals surface area contributed by atoms with Crippen LogP contribution in [0.15, 0.2) is 0 Å². The molecule has 92 valence electrons. The molecule has 0 spiro atoms. The number of ether oxygens (including phenoxy) is 1. The Kier molecular flexibility index (Phi) is 3.13. The van der Waals surface area contributed by atoms with Crippen LogP contribution in [0, 0.1) is 5.41 Å². The van der Waals surface area contributed by atoms with Gasteiger partial charge in [-0.25, -0.2) is 0 Å². The van der Waals surface area contributed by atoms with Crippen molar-refractivity contribution in [1.29, 1.82) is 0 Å². The van der Waals surface area contributed by atoms with Gasteiger partial charge in [0.1, 0.15) is 5.41 Å². The van der Waals surface area contributed by atoms with Gasteiger partial charge >= 0.3 is 18.1 Å². The lowest BCUT2D eigenvalue weighted by Crippen LogP contribution is -2.52. The van der Waals surface area contributed by atoms with Crippen LogP contribution < -0.4 is 5.32 Å². The van der Waals surface area contributed by atoms with Gasteiger partial charge in [0, 0.05) is 0 Å². The number of carboxylic acids is 1. The monoisotopic (exact) mass is 241 g/mol. The van der Waals surface area contributed by atoms with Crippen molar-refractivity contribution in [3.05, 3.63) is 0 Å². The highest BCUT2D eigenvalue weighted by molar-refractivity contribution is 5.83. The van der Waals surface area contributed by atoms with E-state index >= 15 is 0 Å². The molecule has 0 aliphatic carbocycles. The van der Waals surface area contributed by atoms with Crippen molar-refractivity contribution < 1.29 is 32.6 Å². The van der Waals surface area contributed by atoms with E-state index in [0.29, 0.717) is 0 Å². The molecule has 1 fully saturated rings. The van der Waals surface area contributed by atoms with Crippen LogP contribution in [0.5, 0.6) is 0 Å². The van der Waals surface area contributed by atoms with Crippen molar-refractivity contribution in [1.82, 2.24) is 5.32 Å².